The van der Waals surface area contributed by atoms with Gasteiger partial charge in [-0.05, 0) is 28.3 Å². The van der Waals surface area contributed by atoms with E-state index >= 15 is 0 Å². The van der Waals surface area contributed by atoms with Crippen LogP contribution in [0.1, 0.15) is 50.3 Å². The van der Waals surface area contributed by atoms with E-state index in [1.165, 1.54) is 32.1 Å². The second kappa shape index (κ2) is 5.27. The summed E-state index contributed by atoms with van der Waals surface area (Å²) < 4.78 is 2.57. The summed E-state index contributed by atoms with van der Waals surface area (Å²) in [7, 11) is 1.90. The van der Waals surface area contributed by atoms with Crippen LogP contribution < -0.4 is 5.73 Å². The van der Waals surface area contributed by atoms with Crippen LogP contribution in [0.15, 0.2) is 4.60 Å². The number of hydrogen-bond donors (Lipinski definition) is 1. The highest BCUT2D eigenvalue weighted by Crippen LogP contribution is 2.32. The molecule has 0 radical (unpaired) electrons. The highest BCUT2D eigenvalue weighted by Gasteiger charge is 2.22. The van der Waals surface area contributed by atoms with Gasteiger partial charge in [-0.2, -0.15) is 0 Å². The standard InChI is InChI=1S/C11H19BrN4/c1-16-10(11(12)14-15-16)9(13)7-8-5-3-2-4-6-8/h8-9H,2-7,13H2,1H3. The molecule has 4 nitrogen and oxygen atoms in total. The van der Waals surface area contributed by atoms with E-state index < -0.39 is 0 Å². The van der Waals surface area contributed by atoms with Crippen LogP contribution in [0.25, 0.3) is 0 Å². The molecule has 1 aromatic heterocycles. The SMILES string of the molecule is Cn1nnc(Br)c1C(N)CC1CCCCC1. The summed E-state index contributed by atoms with van der Waals surface area (Å²) in [5.74, 6) is 0.783. The molecule has 1 atom stereocenters. The van der Waals surface area contributed by atoms with Crippen molar-refractivity contribution in [2.45, 2.75) is 44.6 Å². The van der Waals surface area contributed by atoms with Crippen molar-refractivity contribution >= 4 is 15.9 Å². The molecule has 1 aliphatic carbocycles. The smallest absolute Gasteiger partial charge is 0.153 e. The van der Waals surface area contributed by atoms with Crippen LogP contribution in [0.2, 0.25) is 0 Å². The minimum absolute atomic E-state index is 0.0532. The lowest BCUT2D eigenvalue weighted by molar-refractivity contribution is 0.315. The maximum absolute atomic E-state index is 6.24. The number of hydrogen-bond acceptors (Lipinski definition) is 3. The van der Waals surface area contributed by atoms with Crippen molar-refractivity contribution in [2.75, 3.05) is 0 Å². The highest BCUT2D eigenvalue weighted by molar-refractivity contribution is 9.10. The van der Waals surface area contributed by atoms with E-state index in [9.17, 15) is 0 Å². The topological polar surface area (TPSA) is 56.7 Å². The normalized spacial score (nSPS) is 19.9. The highest BCUT2D eigenvalue weighted by atomic mass is 79.9. The van der Waals surface area contributed by atoms with E-state index in [-0.39, 0.29) is 6.04 Å². The molecule has 1 saturated carbocycles. The zero-order valence-electron chi connectivity index (χ0n) is 9.69. The molecule has 1 aliphatic rings. The molecule has 0 amide bonds. The Morgan fingerprint density at radius 3 is 2.69 bits per heavy atom. The molecule has 0 bridgehead atoms. The van der Waals surface area contributed by atoms with E-state index in [1.54, 1.807) is 4.68 Å². The fourth-order valence-electron chi connectivity index (χ4n) is 2.63. The van der Waals surface area contributed by atoms with Crippen LogP contribution >= 0.6 is 15.9 Å². The second-order valence-electron chi connectivity index (χ2n) is 4.74. The average molecular weight is 287 g/mol. The van der Waals surface area contributed by atoms with E-state index in [4.69, 9.17) is 5.73 Å². The van der Waals surface area contributed by atoms with E-state index in [0.717, 1.165) is 22.6 Å². The Labute approximate surface area is 105 Å². The molecule has 1 aromatic rings. The van der Waals surface area contributed by atoms with Crippen LogP contribution in [0.4, 0.5) is 0 Å². The first-order chi connectivity index (χ1) is 7.68. The van der Waals surface area contributed by atoms with Gasteiger partial charge in [0.2, 0.25) is 0 Å². The molecule has 2 rings (SSSR count). The van der Waals surface area contributed by atoms with Crippen molar-refractivity contribution in [3.8, 4) is 0 Å². The number of nitrogens with zero attached hydrogens (tertiary/aromatic N) is 3. The predicted octanol–water partition coefficient (Wildman–Crippen LogP) is 2.55. The quantitative estimate of drug-likeness (QED) is 0.929. The first-order valence-corrected chi connectivity index (χ1v) is 6.78. The van der Waals surface area contributed by atoms with Crippen molar-refractivity contribution in [3.05, 3.63) is 10.3 Å². The van der Waals surface area contributed by atoms with Crippen LogP contribution in [0.3, 0.4) is 0 Å². The molecule has 0 aromatic carbocycles. The zero-order chi connectivity index (χ0) is 11.5. The Kier molecular flexibility index (Phi) is 3.97. The Bertz CT molecular complexity index is 324. The third-order valence-electron chi connectivity index (χ3n) is 3.49. The van der Waals surface area contributed by atoms with Gasteiger partial charge in [0.15, 0.2) is 4.60 Å². The van der Waals surface area contributed by atoms with Gasteiger partial charge in [0.1, 0.15) is 0 Å². The van der Waals surface area contributed by atoms with Gasteiger partial charge < -0.3 is 5.73 Å². The summed E-state index contributed by atoms with van der Waals surface area (Å²) in [5.41, 5.74) is 7.26. The largest absolute Gasteiger partial charge is 0.323 e. The predicted molar refractivity (Wildman–Crippen MR) is 66.8 cm³/mol. The molecule has 1 fully saturated rings. The maximum atomic E-state index is 6.24. The Morgan fingerprint density at radius 1 is 1.44 bits per heavy atom. The first-order valence-electron chi connectivity index (χ1n) is 5.99. The molecule has 0 aliphatic heterocycles. The lowest BCUT2D eigenvalue weighted by Gasteiger charge is -2.24. The molecule has 1 heterocycles. The van der Waals surface area contributed by atoms with Gasteiger partial charge in [0.25, 0.3) is 0 Å². The minimum atomic E-state index is 0.0532. The van der Waals surface area contributed by atoms with Crippen molar-refractivity contribution in [2.24, 2.45) is 18.7 Å². The van der Waals surface area contributed by atoms with Crippen LogP contribution in [0.5, 0.6) is 0 Å². The van der Waals surface area contributed by atoms with Crippen LogP contribution in [-0.2, 0) is 7.05 Å². The average Bonchev–Trinajstić information content (AvgIpc) is 2.60. The Morgan fingerprint density at radius 2 is 2.12 bits per heavy atom. The van der Waals surface area contributed by atoms with Crippen LogP contribution in [-0.4, -0.2) is 15.0 Å². The van der Waals surface area contributed by atoms with Gasteiger partial charge in [0.05, 0.1) is 5.69 Å². The third-order valence-corrected chi connectivity index (χ3v) is 4.05. The maximum Gasteiger partial charge on any atom is 0.153 e. The summed E-state index contributed by atoms with van der Waals surface area (Å²) in [6, 6.07) is 0.0532. The molecule has 16 heavy (non-hydrogen) atoms. The number of aromatic nitrogens is 3. The molecule has 0 spiro atoms. The summed E-state index contributed by atoms with van der Waals surface area (Å²) in [6.07, 6.45) is 7.83. The van der Waals surface area contributed by atoms with Gasteiger partial charge in [-0.25, -0.2) is 4.68 Å². The van der Waals surface area contributed by atoms with Gasteiger partial charge in [0, 0.05) is 13.1 Å². The number of halogens is 1. The second-order valence-corrected chi connectivity index (χ2v) is 5.49. The number of rotatable bonds is 3. The lowest BCUT2D eigenvalue weighted by atomic mass is 9.84. The van der Waals surface area contributed by atoms with Crippen molar-refractivity contribution in [3.63, 3.8) is 0 Å². The summed E-state index contributed by atoms with van der Waals surface area (Å²) in [5, 5.41) is 7.95. The first kappa shape index (κ1) is 12.0. The summed E-state index contributed by atoms with van der Waals surface area (Å²) in [6.45, 7) is 0. The van der Waals surface area contributed by atoms with Crippen molar-refractivity contribution < 1.29 is 0 Å². The Hall–Kier alpha value is -0.420. The fraction of sp³-hybridized carbons (Fsp3) is 0.818. The number of nitrogens with two attached hydrogens (primary N) is 1. The monoisotopic (exact) mass is 286 g/mol. The lowest BCUT2D eigenvalue weighted by Crippen LogP contribution is -2.20. The van der Waals surface area contributed by atoms with Crippen molar-refractivity contribution in [1.82, 2.24) is 15.0 Å². The number of aryl methyl sites for hydroxylation is 1. The van der Waals surface area contributed by atoms with E-state index in [1.807, 2.05) is 7.05 Å². The summed E-state index contributed by atoms with van der Waals surface area (Å²) in [4.78, 5) is 0. The molecule has 5 heteroatoms. The van der Waals surface area contributed by atoms with Crippen molar-refractivity contribution in [1.29, 1.82) is 0 Å². The molecule has 0 saturated heterocycles. The van der Waals surface area contributed by atoms with Gasteiger partial charge in [-0.15, -0.1) is 5.10 Å². The molecular formula is C11H19BrN4. The summed E-state index contributed by atoms with van der Waals surface area (Å²) >= 11 is 3.41. The van der Waals surface area contributed by atoms with E-state index in [0.29, 0.717) is 0 Å². The van der Waals surface area contributed by atoms with E-state index in [2.05, 4.69) is 26.2 Å². The zero-order valence-corrected chi connectivity index (χ0v) is 11.3. The van der Waals surface area contributed by atoms with Gasteiger partial charge >= 0.3 is 0 Å². The minimum Gasteiger partial charge on any atom is -0.323 e. The van der Waals surface area contributed by atoms with Crippen LogP contribution in [0, 0.1) is 5.92 Å². The Balaban J connectivity index is 1.99. The third kappa shape index (κ3) is 2.63. The van der Waals surface area contributed by atoms with Gasteiger partial charge in [-0.1, -0.05) is 37.3 Å². The fourth-order valence-corrected chi connectivity index (χ4v) is 3.25. The van der Waals surface area contributed by atoms with Gasteiger partial charge in [-0.3, -0.25) is 0 Å². The molecular weight excluding hydrogens is 268 g/mol. The molecule has 1 unspecified atom stereocenters. The molecule has 90 valence electrons. The molecule has 2 N–H and O–H groups in total.